The molecule has 100 valence electrons. The highest BCUT2D eigenvalue weighted by atomic mass is 32.1. The van der Waals surface area contributed by atoms with E-state index in [-0.39, 0.29) is 5.01 Å². The minimum absolute atomic E-state index is 0.0981. The maximum Gasteiger partial charge on any atom is 0.435 e. The van der Waals surface area contributed by atoms with Crippen molar-refractivity contribution in [3.8, 4) is 0 Å². The number of rotatable bonds is 3. The molecule has 1 aliphatic carbocycles. The van der Waals surface area contributed by atoms with Gasteiger partial charge in [0.2, 0.25) is 0 Å². The Kier molecular flexibility index (Phi) is 3.10. The Morgan fingerprint density at radius 3 is 2.39 bits per heavy atom. The van der Waals surface area contributed by atoms with Gasteiger partial charge in [-0.3, -0.25) is 0 Å². The smallest absolute Gasteiger partial charge is 0.435 e. The van der Waals surface area contributed by atoms with Crippen molar-refractivity contribution in [1.29, 1.82) is 0 Å². The van der Waals surface area contributed by atoms with Gasteiger partial charge in [0.15, 0.2) is 5.69 Å². The molecule has 1 aromatic rings. The van der Waals surface area contributed by atoms with Gasteiger partial charge >= 0.3 is 12.1 Å². The largest absolute Gasteiger partial charge is 0.477 e. The fraction of sp³-hybridized carbons (Fsp3) is 0.600. The van der Waals surface area contributed by atoms with E-state index in [0.29, 0.717) is 24.2 Å². The van der Waals surface area contributed by atoms with Crippen molar-refractivity contribution in [3.63, 3.8) is 0 Å². The van der Waals surface area contributed by atoms with E-state index in [1.54, 1.807) is 0 Å². The summed E-state index contributed by atoms with van der Waals surface area (Å²) in [5, 5.41) is 8.90. The van der Waals surface area contributed by atoms with Gasteiger partial charge in [-0.15, -0.1) is 11.3 Å². The molecular weight excluding hydrogens is 271 g/mol. The van der Waals surface area contributed by atoms with E-state index in [4.69, 9.17) is 9.84 Å². The van der Waals surface area contributed by atoms with Gasteiger partial charge in [0.1, 0.15) is 15.5 Å². The molecule has 0 unspecified atom stereocenters. The standard InChI is InChI=1S/C10H10F3NO3S/c1-17-9(3-2-4-9)8-14-6(10(11,12)13)5(18-8)7(15)16/h2-4H2,1H3,(H,15,16). The van der Waals surface area contributed by atoms with Crippen LogP contribution in [0.15, 0.2) is 0 Å². The van der Waals surface area contributed by atoms with E-state index in [9.17, 15) is 18.0 Å². The summed E-state index contributed by atoms with van der Waals surface area (Å²) < 4.78 is 43.2. The third-order valence-corrected chi connectivity index (χ3v) is 4.26. The van der Waals surface area contributed by atoms with Crippen LogP contribution in [0, 0.1) is 0 Å². The van der Waals surface area contributed by atoms with Gasteiger partial charge in [-0.05, 0) is 19.3 Å². The van der Waals surface area contributed by atoms with Crippen molar-refractivity contribution >= 4 is 17.3 Å². The first-order chi connectivity index (χ1) is 8.30. The monoisotopic (exact) mass is 281 g/mol. The van der Waals surface area contributed by atoms with Crippen molar-refractivity contribution in [2.24, 2.45) is 0 Å². The number of aromatic carboxylic acids is 1. The second-order valence-electron chi connectivity index (χ2n) is 4.05. The molecule has 1 saturated carbocycles. The number of methoxy groups -OCH3 is 1. The topological polar surface area (TPSA) is 59.4 Å². The van der Waals surface area contributed by atoms with E-state index in [1.807, 2.05) is 0 Å². The van der Waals surface area contributed by atoms with Crippen molar-refractivity contribution in [3.05, 3.63) is 15.6 Å². The van der Waals surface area contributed by atoms with Crippen LogP contribution in [-0.2, 0) is 16.5 Å². The Hall–Kier alpha value is -1.15. The molecule has 1 heterocycles. The van der Waals surface area contributed by atoms with Crippen molar-refractivity contribution in [1.82, 2.24) is 4.98 Å². The number of hydrogen-bond acceptors (Lipinski definition) is 4. The predicted molar refractivity (Wildman–Crippen MR) is 56.6 cm³/mol. The van der Waals surface area contributed by atoms with Gasteiger partial charge in [0.05, 0.1) is 0 Å². The molecule has 1 aliphatic rings. The molecule has 0 saturated heterocycles. The van der Waals surface area contributed by atoms with Gasteiger partial charge in [-0.1, -0.05) is 0 Å². The molecule has 8 heteroatoms. The summed E-state index contributed by atoms with van der Waals surface area (Å²) in [6, 6.07) is 0. The minimum Gasteiger partial charge on any atom is -0.477 e. The van der Waals surface area contributed by atoms with E-state index in [2.05, 4.69) is 4.98 Å². The van der Waals surface area contributed by atoms with Crippen molar-refractivity contribution < 1.29 is 27.8 Å². The fourth-order valence-corrected chi connectivity index (χ4v) is 3.00. The predicted octanol–water partition coefficient (Wildman–Crippen LogP) is 2.89. The van der Waals surface area contributed by atoms with Crippen LogP contribution in [0.25, 0.3) is 0 Å². The van der Waals surface area contributed by atoms with Crippen LogP contribution in [0.3, 0.4) is 0 Å². The normalized spacial score (nSPS) is 18.4. The van der Waals surface area contributed by atoms with Gasteiger partial charge in [-0.25, -0.2) is 9.78 Å². The molecule has 18 heavy (non-hydrogen) atoms. The zero-order chi connectivity index (χ0) is 13.6. The van der Waals surface area contributed by atoms with E-state index < -0.39 is 28.3 Å². The van der Waals surface area contributed by atoms with Crippen molar-refractivity contribution in [2.45, 2.75) is 31.0 Å². The van der Waals surface area contributed by atoms with E-state index in [0.717, 1.165) is 6.42 Å². The first-order valence-corrected chi connectivity index (χ1v) is 5.99. The van der Waals surface area contributed by atoms with Gasteiger partial charge < -0.3 is 9.84 Å². The fourth-order valence-electron chi connectivity index (χ4n) is 1.86. The number of carboxylic acids is 1. The number of halogens is 3. The lowest BCUT2D eigenvalue weighted by molar-refractivity contribution is -0.142. The van der Waals surface area contributed by atoms with E-state index >= 15 is 0 Å². The molecule has 1 N–H and O–H groups in total. The van der Waals surface area contributed by atoms with Crippen LogP contribution in [0.2, 0.25) is 0 Å². The first kappa shape index (κ1) is 13.3. The summed E-state index contributed by atoms with van der Waals surface area (Å²) in [6.07, 6.45) is -2.81. The molecule has 0 spiro atoms. The highest BCUT2D eigenvalue weighted by molar-refractivity contribution is 7.13. The molecule has 0 radical (unpaired) electrons. The lowest BCUT2D eigenvalue weighted by Gasteiger charge is -2.38. The average Bonchev–Trinajstić information content (AvgIpc) is 2.61. The zero-order valence-corrected chi connectivity index (χ0v) is 10.2. The molecule has 0 atom stereocenters. The van der Waals surface area contributed by atoms with Crippen LogP contribution in [0.5, 0.6) is 0 Å². The molecule has 4 nitrogen and oxygen atoms in total. The number of carboxylic acid groups (broad SMARTS) is 1. The molecule has 1 fully saturated rings. The Morgan fingerprint density at radius 2 is 2.11 bits per heavy atom. The van der Waals surface area contributed by atoms with Gasteiger partial charge in [-0.2, -0.15) is 13.2 Å². The first-order valence-electron chi connectivity index (χ1n) is 5.17. The third kappa shape index (κ3) is 1.99. The quantitative estimate of drug-likeness (QED) is 0.925. The Morgan fingerprint density at radius 1 is 1.50 bits per heavy atom. The SMILES string of the molecule is COC1(c2nc(C(F)(F)F)c(C(=O)O)s2)CCC1. The highest BCUT2D eigenvalue weighted by Gasteiger charge is 2.46. The lowest BCUT2D eigenvalue weighted by atomic mass is 9.80. The minimum atomic E-state index is -4.76. The summed E-state index contributed by atoms with van der Waals surface area (Å²) >= 11 is 0.546. The number of thiazole rings is 1. The van der Waals surface area contributed by atoms with Crippen LogP contribution in [-0.4, -0.2) is 23.2 Å². The molecule has 0 aliphatic heterocycles. The number of alkyl halides is 3. The Balaban J connectivity index is 2.49. The highest BCUT2D eigenvalue weighted by Crippen LogP contribution is 2.47. The maximum absolute atomic E-state index is 12.7. The third-order valence-electron chi connectivity index (χ3n) is 3.03. The summed E-state index contributed by atoms with van der Waals surface area (Å²) in [7, 11) is 1.40. The number of nitrogens with zero attached hydrogens (tertiary/aromatic N) is 1. The van der Waals surface area contributed by atoms with Crippen LogP contribution in [0.1, 0.15) is 39.6 Å². The summed E-state index contributed by atoms with van der Waals surface area (Å²) in [5.74, 6) is -1.61. The second kappa shape index (κ2) is 4.20. The van der Waals surface area contributed by atoms with Crippen LogP contribution in [0.4, 0.5) is 13.2 Å². The van der Waals surface area contributed by atoms with Crippen LogP contribution >= 0.6 is 11.3 Å². The Labute approximate surface area is 104 Å². The van der Waals surface area contributed by atoms with E-state index in [1.165, 1.54) is 7.11 Å². The maximum atomic E-state index is 12.7. The summed E-state index contributed by atoms with van der Waals surface area (Å²) in [4.78, 5) is 13.5. The molecule has 2 rings (SSSR count). The van der Waals surface area contributed by atoms with Crippen molar-refractivity contribution in [2.75, 3.05) is 7.11 Å². The molecule has 1 aromatic heterocycles. The summed E-state index contributed by atoms with van der Waals surface area (Å²) in [6.45, 7) is 0. The molecular formula is C10H10F3NO3S. The van der Waals surface area contributed by atoms with Crippen LogP contribution < -0.4 is 0 Å². The number of carbonyl (C=O) groups is 1. The number of aromatic nitrogens is 1. The number of ether oxygens (including phenoxy) is 1. The lowest BCUT2D eigenvalue weighted by Crippen LogP contribution is -2.36. The second-order valence-corrected chi connectivity index (χ2v) is 5.05. The molecule has 0 amide bonds. The molecule has 0 bridgehead atoms. The van der Waals surface area contributed by atoms with Gasteiger partial charge in [0.25, 0.3) is 0 Å². The number of hydrogen-bond donors (Lipinski definition) is 1. The molecule has 0 aromatic carbocycles. The van der Waals surface area contributed by atoms with Gasteiger partial charge in [0, 0.05) is 7.11 Å². The summed E-state index contributed by atoms with van der Waals surface area (Å²) in [5.41, 5.74) is -2.17. The zero-order valence-electron chi connectivity index (χ0n) is 9.37. The Bertz CT molecular complexity index is 474. The average molecular weight is 281 g/mol.